The van der Waals surface area contributed by atoms with E-state index in [1.807, 2.05) is 45.9 Å². The van der Waals surface area contributed by atoms with Crippen LogP contribution in [0.2, 0.25) is 5.02 Å². The van der Waals surface area contributed by atoms with Crippen LogP contribution in [-0.4, -0.2) is 31.7 Å². The lowest BCUT2D eigenvalue weighted by molar-refractivity contribution is -0.119. The molecule has 4 aromatic rings. The topological polar surface area (TPSA) is 83.8 Å². The van der Waals surface area contributed by atoms with Gasteiger partial charge in [-0.25, -0.2) is 13.8 Å². The Kier molecular flexibility index (Phi) is 8.28. The van der Waals surface area contributed by atoms with E-state index in [-0.39, 0.29) is 10.6 Å². The molecule has 0 saturated carbocycles. The zero-order chi connectivity index (χ0) is 28.3. The molecule has 9 heteroatoms. The van der Waals surface area contributed by atoms with E-state index in [1.165, 1.54) is 12.1 Å². The molecule has 3 aromatic carbocycles. The van der Waals surface area contributed by atoms with E-state index in [9.17, 15) is 13.2 Å². The van der Waals surface area contributed by atoms with Crippen LogP contribution in [-0.2, 0) is 14.8 Å². The summed E-state index contributed by atoms with van der Waals surface area (Å²) in [4.78, 5) is 13.0. The second-order valence-electron chi connectivity index (χ2n) is 9.50. The van der Waals surface area contributed by atoms with Gasteiger partial charge >= 0.3 is 0 Å². The van der Waals surface area contributed by atoms with E-state index >= 15 is 0 Å². The van der Waals surface area contributed by atoms with Crippen molar-refractivity contribution in [2.24, 2.45) is 5.10 Å². The third-order valence-corrected chi connectivity index (χ3v) is 8.75. The summed E-state index contributed by atoms with van der Waals surface area (Å²) in [6.07, 6.45) is 1.57. The summed E-state index contributed by atoms with van der Waals surface area (Å²) in [7, 11) is -4.06. The molecule has 0 bridgehead atoms. The summed E-state index contributed by atoms with van der Waals surface area (Å²) in [5.74, 6) is -0.591. The average Bonchev–Trinajstić information content (AvgIpc) is 3.17. The molecule has 4 rings (SSSR count). The van der Waals surface area contributed by atoms with Crippen molar-refractivity contribution in [2.45, 2.75) is 39.5 Å². The van der Waals surface area contributed by atoms with Crippen LogP contribution >= 0.6 is 11.6 Å². The number of rotatable bonds is 8. The fourth-order valence-electron chi connectivity index (χ4n) is 4.33. The quantitative estimate of drug-likeness (QED) is 0.210. The van der Waals surface area contributed by atoms with Crippen molar-refractivity contribution in [1.82, 2.24) is 9.99 Å². The van der Waals surface area contributed by atoms with Gasteiger partial charge in [0.2, 0.25) is 0 Å². The van der Waals surface area contributed by atoms with Crippen molar-refractivity contribution in [3.63, 3.8) is 0 Å². The molecule has 1 N–H and O–H groups in total. The van der Waals surface area contributed by atoms with Crippen molar-refractivity contribution in [3.05, 3.63) is 111 Å². The van der Waals surface area contributed by atoms with E-state index < -0.39 is 22.5 Å². The molecular weight excluding hydrogens is 532 g/mol. The largest absolute Gasteiger partial charge is 0.318 e. The van der Waals surface area contributed by atoms with Crippen molar-refractivity contribution in [3.8, 4) is 5.69 Å². The Hall–Kier alpha value is -3.88. The summed E-state index contributed by atoms with van der Waals surface area (Å²) < 4.78 is 30.3. The molecule has 1 amide bonds. The number of nitrogens with one attached hydrogen (secondary N) is 1. The second kappa shape index (κ2) is 11.5. The Morgan fingerprint density at radius 3 is 2.31 bits per heavy atom. The lowest BCUT2D eigenvalue weighted by atomic mass is 10.2. The fraction of sp³-hybridized carbons (Fsp3) is 0.200. The first kappa shape index (κ1) is 28.1. The smallest absolute Gasteiger partial charge is 0.264 e. The maximum atomic E-state index is 13.6. The van der Waals surface area contributed by atoms with Crippen LogP contribution in [0, 0.1) is 34.6 Å². The molecule has 0 spiro atoms. The van der Waals surface area contributed by atoms with Gasteiger partial charge in [-0.15, -0.1) is 0 Å². The molecule has 0 aliphatic rings. The van der Waals surface area contributed by atoms with Crippen LogP contribution in [0.4, 0.5) is 5.69 Å². The minimum atomic E-state index is -4.06. The van der Waals surface area contributed by atoms with E-state index in [2.05, 4.69) is 34.2 Å². The number of amides is 1. The summed E-state index contributed by atoms with van der Waals surface area (Å²) in [6.45, 7) is 9.27. The number of hydrogen-bond acceptors (Lipinski definition) is 4. The Balaban J connectivity index is 1.58. The van der Waals surface area contributed by atoms with Gasteiger partial charge in [0.25, 0.3) is 15.9 Å². The maximum absolute atomic E-state index is 13.6. The SMILES string of the molecule is Cc1ccc(S(=O)(=O)N(CC(=O)N/N=C\c2cc(C)n(-c3ccccc3C)c2C)c2ccc(C)c(Cl)c2)cc1. The standard InChI is InChI=1S/C30H31ClN4O3S/c1-20-10-14-27(15-11-20)39(37,38)34(26-13-12-21(2)28(31)17-26)19-30(36)33-32-18-25-16-23(4)35(24(25)5)29-9-7-6-8-22(29)3/h6-18H,19H2,1-5H3,(H,33,36)/b32-18-. The predicted molar refractivity (Wildman–Crippen MR) is 158 cm³/mol. The van der Waals surface area contributed by atoms with Gasteiger partial charge in [-0.1, -0.05) is 53.6 Å². The molecule has 1 aromatic heterocycles. The van der Waals surface area contributed by atoms with Crippen LogP contribution in [0.25, 0.3) is 5.69 Å². The molecule has 0 aliphatic heterocycles. The van der Waals surface area contributed by atoms with Gasteiger partial charge < -0.3 is 4.57 Å². The third kappa shape index (κ3) is 6.08. The lowest BCUT2D eigenvalue weighted by Gasteiger charge is -2.24. The van der Waals surface area contributed by atoms with Crippen LogP contribution in [0.1, 0.15) is 33.6 Å². The first-order chi connectivity index (χ1) is 18.5. The van der Waals surface area contributed by atoms with Gasteiger partial charge in [0.1, 0.15) is 6.54 Å². The number of sulfonamides is 1. The van der Waals surface area contributed by atoms with Gasteiger partial charge in [-0.2, -0.15) is 5.10 Å². The second-order valence-corrected chi connectivity index (χ2v) is 11.8. The molecule has 0 saturated heterocycles. The van der Waals surface area contributed by atoms with Gasteiger partial charge in [0.15, 0.2) is 0 Å². The molecule has 202 valence electrons. The molecular formula is C30H31ClN4O3S. The summed E-state index contributed by atoms with van der Waals surface area (Å²) in [5.41, 5.74) is 9.54. The number of aryl methyl sites for hydroxylation is 4. The van der Waals surface area contributed by atoms with E-state index in [0.717, 1.165) is 43.6 Å². The third-order valence-electron chi connectivity index (χ3n) is 6.56. The van der Waals surface area contributed by atoms with E-state index in [0.29, 0.717) is 5.02 Å². The molecule has 0 atom stereocenters. The number of anilines is 1. The highest BCUT2D eigenvalue weighted by Crippen LogP contribution is 2.28. The Morgan fingerprint density at radius 1 is 0.949 bits per heavy atom. The van der Waals surface area contributed by atoms with Gasteiger partial charge in [0, 0.05) is 27.7 Å². The molecule has 0 unspecified atom stereocenters. The van der Waals surface area contributed by atoms with E-state index in [1.54, 1.807) is 36.5 Å². The number of carbonyl (C=O) groups is 1. The maximum Gasteiger partial charge on any atom is 0.264 e. The molecule has 1 heterocycles. The van der Waals surface area contributed by atoms with Crippen LogP contribution in [0.5, 0.6) is 0 Å². The Labute approximate surface area is 234 Å². The number of halogens is 1. The highest BCUT2D eigenvalue weighted by atomic mass is 35.5. The van der Waals surface area contributed by atoms with Crippen LogP contribution in [0.3, 0.4) is 0 Å². The minimum absolute atomic E-state index is 0.0738. The van der Waals surface area contributed by atoms with Crippen LogP contribution < -0.4 is 9.73 Å². The molecule has 0 fully saturated rings. The highest BCUT2D eigenvalue weighted by Gasteiger charge is 2.27. The number of carbonyl (C=O) groups excluding carboxylic acids is 1. The first-order valence-electron chi connectivity index (χ1n) is 12.4. The van der Waals surface area contributed by atoms with Crippen molar-refractivity contribution in [1.29, 1.82) is 0 Å². The Morgan fingerprint density at radius 2 is 1.64 bits per heavy atom. The van der Waals surface area contributed by atoms with Crippen molar-refractivity contribution in [2.75, 3.05) is 10.8 Å². The van der Waals surface area contributed by atoms with Crippen molar-refractivity contribution < 1.29 is 13.2 Å². The Bertz CT molecular complexity index is 1660. The molecule has 39 heavy (non-hydrogen) atoms. The summed E-state index contributed by atoms with van der Waals surface area (Å²) >= 11 is 6.30. The number of aromatic nitrogens is 1. The number of hydrazone groups is 1. The summed E-state index contributed by atoms with van der Waals surface area (Å²) in [5, 5.41) is 4.53. The zero-order valence-corrected chi connectivity index (χ0v) is 24.1. The zero-order valence-electron chi connectivity index (χ0n) is 22.6. The molecule has 7 nitrogen and oxygen atoms in total. The van der Waals surface area contributed by atoms with Crippen molar-refractivity contribution >= 4 is 39.4 Å². The average molecular weight is 563 g/mol. The van der Waals surface area contributed by atoms with Gasteiger partial charge in [-0.3, -0.25) is 9.10 Å². The van der Waals surface area contributed by atoms with Gasteiger partial charge in [-0.05, 0) is 82.1 Å². The number of para-hydroxylation sites is 1. The predicted octanol–water partition coefficient (Wildman–Crippen LogP) is 6.02. The fourth-order valence-corrected chi connectivity index (χ4v) is 5.92. The molecule has 0 aliphatic carbocycles. The minimum Gasteiger partial charge on any atom is -0.318 e. The molecule has 0 radical (unpaired) electrons. The van der Waals surface area contributed by atoms with Crippen LogP contribution in [0.15, 0.2) is 82.8 Å². The number of nitrogens with zero attached hydrogens (tertiary/aromatic N) is 3. The monoisotopic (exact) mass is 562 g/mol. The lowest BCUT2D eigenvalue weighted by Crippen LogP contribution is -2.39. The van der Waals surface area contributed by atoms with Gasteiger partial charge in [0.05, 0.1) is 16.8 Å². The summed E-state index contributed by atoms with van der Waals surface area (Å²) in [6, 6.07) is 21.4. The van der Waals surface area contributed by atoms with E-state index in [4.69, 9.17) is 11.6 Å². The first-order valence-corrected chi connectivity index (χ1v) is 14.2. The normalized spacial score (nSPS) is 11.6. The number of benzene rings is 3. The number of hydrogen-bond donors (Lipinski definition) is 1. The highest BCUT2D eigenvalue weighted by molar-refractivity contribution is 7.92.